The van der Waals surface area contributed by atoms with E-state index >= 15 is 0 Å². The first kappa shape index (κ1) is 23.4. The lowest BCUT2D eigenvalue weighted by Gasteiger charge is -2.17. The van der Waals surface area contributed by atoms with E-state index in [2.05, 4.69) is 22.5 Å². The van der Waals surface area contributed by atoms with Crippen LogP contribution in [0, 0.1) is 11.3 Å². The number of halogens is 1. The number of hydrogen-bond donors (Lipinski definition) is 1. The number of hydrogen-bond acceptors (Lipinski definition) is 4. The molecular formula is C29H24FN3O3S. The maximum atomic E-state index is 13.9. The normalized spacial score (nSPS) is 14.0. The zero-order valence-corrected chi connectivity index (χ0v) is 21.0. The first-order chi connectivity index (χ1) is 17.8. The Kier molecular flexibility index (Phi) is 5.42. The van der Waals surface area contributed by atoms with Crippen LogP contribution in [-0.4, -0.2) is 18.0 Å². The second-order valence-electron chi connectivity index (χ2n) is 9.75. The average Bonchev–Trinajstić information content (AvgIpc) is 3.65. The summed E-state index contributed by atoms with van der Waals surface area (Å²) in [4.78, 5) is 17.0. The van der Waals surface area contributed by atoms with Crippen LogP contribution in [0.25, 0.3) is 44.0 Å². The molecule has 3 aromatic carbocycles. The van der Waals surface area contributed by atoms with Crippen molar-refractivity contribution in [1.29, 1.82) is 5.26 Å². The Morgan fingerprint density at radius 1 is 1.11 bits per heavy atom. The molecule has 6 nitrogen and oxygen atoms in total. The second kappa shape index (κ2) is 8.56. The molecule has 2 heterocycles. The summed E-state index contributed by atoms with van der Waals surface area (Å²) < 4.78 is 39.3. The molecule has 1 N–H and O–H groups in total. The fourth-order valence-electron chi connectivity index (χ4n) is 5.30. The molecular weight excluding hydrogens is 489 g/mol. The van der Waals surface area contributed by atoms with Gasteiger partial charge in [-0.25, -0.2) is 0 Å². The number of aryl methyl sites for hydroxylation is 1. The highest BCUT2D eigenvalue weighted by molar-refractivity contribution is 7.86. The van der Waals surface area contributed by atoms with E-state index in [1.165, 1.54) is 18.2 Å². The molecule has 0 bridgehead atoms. The highest BCUT2D eigenvalue weighted by atomic mass is 32.3. The Bertz CT molecular complexity index is 1940. The number of rotatable bonds is 6. The van der Waals surface area contributed by atoms with Crippen LogP contribution in [-0.2, 0) is 16.6 Å². The summed E-state index contributed by atoms with van der Waals surface area (Å²) in [5.74, 6) is 0. The summed E-state index contributed by atoms with van der Waals surface area (Å²) in [6.45, 7) is 2.09. The van der Waals surface area contributed by atoms with E-state index in [0.29, 0.717) is 28.3 Å². The second-order valence-corrected chi connectivity index (χ2v) is 11.1. The van der Waals surface area contributed by atoms with Gasteiger partial charge >= 0.3 is 10.2 Å². The number of pyridine rings is 1. The number of nitriles is 1. The van der Waals surface area contributed by atoms with Crippen LogP contribution in [0.1, 0.15) is 49.8 Å². The Balaban J connectivity index is 1.72. The number of benzene rings is 3. The van der Waals surface area contributed by atoms with Gasteiger partial charge in [-0.3, -0.25) is 4.79 Å². The Hall–Kier alpha value is -3.96. The molecule has 0 radical (unpaired) electrons. The van der Waals surface area contributed by atoms with Crippen molar-refractivity contribution in [2.45, 2.75) is 50.0 Å². The van der Waals surface area contributed by atoms with Crippen LogP contribution in [0.5, 0.6) is 0 Å². The van der Waals surface area contributed by atoms with Crippen molar-refractivity contribution in [2.24, 2.45) is 0 Å². The molecule has 186 valence electrons. The highest BCUT2D eigenvalue weighted by Gasteiger charge is 2.29. The van der Waals surface area contributed by atoms with Gasteiger partial charge in [-0.05, 0) is 78.8 Å². The minimum Gasteiger partial charge on any atom is -0.340 e. The molecule has 1 aliphatic carbocycles. The molecule has 0 atom stereocenters. The van der Waals surface area contributed by atoms with E-state index in [1.54, 1.807) is 18.2 Å². The van der Waals surface area contributed by atoms with E-state index in [0.717, 1.165) is 58.9 Å². The molecule has 1 saturated carbocycles. The Morgan fingerprint density at radius 2 is 1.92 bits per heavy atom. The molecule has 1 aliphatic rings. The van der Waals surface area contributed by atoms with Crippen LogP contribution in [0.3, 0.4) is 0 Å². The molecule has 6 rings (SSSR count). The van der Waals surface area contributed by atoms with Crippen LogP contribution in [0.4, 0.5) is 3.89 Å². The van der Waals surface area contributed by atoms with Crippen LogP contribution in [0.2, 0.25) is 0 Å². The zero-order valence-electron chi connectivity index (χ0n) is 20.2. The van der Waals surface area contributed by atoms with Gasteiger partial charge in [0.1, 0.15) is 5.65 Å². The number of nitrogens with one attached hydrogen (secondary N) is 1. The fraction of sp³-hybridized carbons (Fsp3) is 0.241. The van der Waals surface area contributed by atoms with Gasteiger partial charge in [0.15, 0.2) is 5.43 Å². The third kappa shape index (κ3) is 3.91. The van der Waals surface area contributed by atoms with Crippen molar-refractivity contribution >= 4 is 43.1 Å². The largest absolute Gasteiger partial charge is 0.340 e. The first-order valence-corrected chi connectivity index (χ1v) is 13.8. The molecule has 0 unspecified atom stereocenters. The third-order valence-electron chi connectivity index (χ3n) is 7.24. The number of aromatic amines is 1. The predicted octanol–water partition coefficient (Wildman–Crippen LogP) is 6.51. The maximum Gasteiger partial charge on any atom is 0.332 e. The average molecular weight is 514 g/mol. The lowest BCUT2D eigenvalue weighted by Crippen LogP contribution is -2.11. The molecule has 0 aliphatic heterocycles. The summed E-state index contributed by atoms with van der Waals surface area (Å²) in [6, 6.07) is 17.5. The zero-order chi connectivity index (χ0) is 25.9. The van der Waals surface area contributed by atoms with E-state index < -0.39 is 10.2 Å². The van der Waals surface area contributed by atoms with Crippen molar-refractivity contribution in [3.63, 3.8) is 0 Å². The number of nitrogens with zero attached hydrogens (tertiary/aromatic N) is 2. The minimum atomic E-state index is -4.86. The summed E-state index contributed by atoms with van der Waals surface area (Å²) >= 11 is 0. The van der Waals surface area contributed by atoms with Crippen molar-refractivity contribution in [3.05, 3.63) is 75.9 Å². The lowest BCUT2D eigenvalue weighted by molar-refractivity contribution is 0.552. The SMILES string of the molecule is CCCCc1cc2c(=O)c3c4ccc(C#N)cc4[nH]c3n(C3CC3)c2cc1-c1cccc(S(=O)(=O)F)c1. The van der Waals surface area contributed by atoms with Crippen LogP contribution >= 0.6 is 0 Å². The summed E-state index contributed by atoms with van der Waals surface area (Å²) in [6.07, 6.45) is 4.51. The van der Waals surface area contributed by atoms with E-state index in [4.69, 9.17) is 0 Å². The topological polar surface area (TPSA) is 95.7 Å². The fourth-order valence-corrected chi connectivity index (χ4v) is 5.81. The summed E-state index contributed by atoms with van der Waals surface area (Å²) in [5.41, 5.74) is 4.96. The number of aromatic nitrogens is 2. The third-order valence-corrected chi connectivity index (χ3v) is 8.06. The van der Waals surface area contributed by atoms with Gasteiger partial charge in [0, 0.05) is 22.3 Å². The van der Waals surface area contributed by atoms with Gasteiger partial charge in [-0.1, -0.05) is 31.5 Å². The number of unbranched alkanes of at least 4 members (excludes halogenated alkanes) is 1. The monoisotopic (exact) mass is 513 g/mol. The van der Waals surface area contributed by atoms with Gasteiger partial charge < -0.3 is 9.55 Å². The van der Waals surface area contributed by atoms with Crippen molar-refractivity contribution in [2.75, 3.05) is 0 Å². The minimum absolute atomic E-state index is 0.0813. The maximum absolute atomic E-state index is 13.9. The van der Waals surface area contributed by atoms with Crippen molar-refractivity contribution < 1.29 is 12.3 Å². The molecule has 5 aromatic rings. The first-order valence-electron chi connectivity index (χ1n) is 12.4. The van der Waals surface area contributed by atoms with Gasteiger partial charge in [0.25, 0.3) is 0 Å². The quantitative estimate of drug-likeness (QED) is 0.262. The smallest absolute Gasteiger partial charge is 0.332 e. The van der Waals surface area contributed by atoms with Crippen molar-refractivity contribution in [1.82, 2.24) is 9.55 Å². The molecule has 1 fully saturated rings. The highest BCUT2D eigenvalue weighted by Crippen LogP contribution is 2.42. The summed E-state index contributed by atoms with van der Waals surface area (Å²) in [5, 5.41) is 11.4. The Morgan fingerprint density at radius 3 is 2.62 bits per heavy atom. The lowest BCUT2D eigenvalue weighted by atomic mass is 9.93. The molecule has 0 spiro atoms. The van der Waals surface area contributed by atoms with E-state index in [-0.39, 0.29) is 16.4 Å². The van der Waals surface area contributed by atoms with Gasteiger partial charge in [0.05, 0.1) is 27.4 Å². The van der Waals surface area contributed by atoms with Gasteiger partial charge in [0.2, 0.25) is 0 Å². The predicted molar refractivity (Wildman–Crippen MR) is 143 cm³/mol. The van der Waals surface area contributed by atoms with Crippen molar-refractivity contribution in [3.8, 4) is 17.2 Å². The molecule has 0 saturated heterocycles. The molecule has 2 aromatic heterocycles. The van der Waals surface area contributed by atoms with Crippen LogP contribution in [0.15, 0.2) is 64.3 Å². The van der Waals surface area contributed by atoms with E-state index in [1.807, 2.05) is 18.2 Å². The molecule has 8 heteroatoms. The van der Waals surface area contributed by atoms with Gasteiger partial charge in [-0.2, -0.15) is 13.7 Å². The van der Waals surface area contributed by atoms with Crippen LogP contribution < -0.4 is 5.43 Å². The molecule has 37 heavy (non-hydrogen) atoms. The van der Waals surface area contributed by atoms with Gasteiger partial charge in [-0.15, -0.1) is 3.89 Å². The number of fused-ring (bicyclic) bond motifs is 4. The summed E-state index contributed by atoms with van der Waals surface area (Å²) in [7, 11) is -4.86. The molecule has 0 amide bonds. The number of H-pyrrole nitrogens is 1. The standard InChI is InChI=1S/C29H24FN3O3S/c1-2-3-5-19-14-24-26(15-23(19)18-6-4-7-21(13-18)37(30,35)36)33(20-9-10-20)29-27(28(24)34)22-11-8-17(16-31)12-25(22)32-29/h4,6-8,11-15,20,32H,2-3,5,9-10H2,1H3. The van der Waals surface area contributed by atoms with E-state index in [9.17, 15) is 22.4 Å². The Labute approximate surface area is 213 Å².